The number of alkyl halides is 3. The van der Waals surface area contributed by atoms with Crippen LogP contribution in [-0.4, -0.2) is 48.2 Å². The minimum absolute atomic E-state index is 0.0908. The Bertz CT molecular complexity index is 1390. The number of benzene rings is 1. The molecule has 38 heavy (non-hydrogen) atoms. The molecule has 5 rings (SSSR count). The third-order valence-corrected chi connectivity index (χ3v) is 6.92. The standard InChI is InChI=1S/C28H28F3N5O2/c1-4-35-17(2)10-23-16-38-9-8-36(23)25-12-20(14-33-26(25)35)24-13-22(15-32-18(24)3)34-27(37)19-6-5-7-21(11-19)28(29,30)31/h5-7,11-15,23H,2,4,8-10,16H2,1,3H3,(H,34,37). The quantitative estimate of drug-likeness (QED) is 0.475. The summed E-state index contributed by atoms with van der Waals surface area (Å²) in [4.78, 5) is 26.5. The molecule has 1 atom stereocenters. The van der Waals surface area contributed by atoms with Gasteiger partial charge in [-0.05, 0) is 44.2 Å². The first kappa shape index (κ1) is 25.7. The third-order valence-electron chi connectivity index (χ3n) is 6.92. The minimum Gasteiger partial charge on any atom is -0.377 e. The summed E-state index contributed by atoms with van der Waals surface area (Å²) >= 11 is 0. The van der Waals surface area contributed by atoms with Gasteiger partial charge in [0.25, 0.3) is 5.91 Å². The number of amides is 1. The number of nitrogens with zero attached hydrogens (tertiary/aromatic N) is 4. The molecule has 1 aromatic carbocycles. The Hall–Kier alpha value is -3.92. The summed E-state index contributed by atoms with van der Waals surface area (Å²) in [6.07, 6.45) is -0.496. The molecule has 2 aliphatic heterocycles. The van der Waals surface area contributed by atoms with Gasteiger partial charge in [-0.1, -0.05) is 12.6 Å². The number of aryl methyl sites for hydroxylation is 1. The molecule has 4 heterocycles. The molecule has 0 saturated carbocycles. The highest BCUT2D eigenvalue weighted by Gasteiger charge is 2.33. The van der Waals surface area contributed by atoms with E-state index in [1.807, 2.05) is 6.92 Å². The molecule has 1 unspecified atom stereocenters. The number of hydrogen-bond acceptors (Lipinski definition) is 6. The van der Waals surface area contributed by atoms with Gasteiger partial charge in [-0.3, -0.25) is 9.78 Å². The summed E-state index contributed by atoms with van der Waals surface area (Å²) in [6, 6.07) is 8.31. The predicted octanol–water partition coefficient (Wildman–Crippen LogP) is 5.67. The van der Waals surface area contributed by atoms with Crippen LogP contribution in [0.4, 0.5) is 30.4 Å². The highest BCUT2D eigenvalue weighted by molar-refractivity contribution is 6.04. The van der Waals surface area contributed by atoms with Gasteiger partial charge in [0.2, 0.25) is 0 Å². The van der Waals surface area contributed by atoms with Crippen LogP contribution >= 0.6 is 0 Å². The minimum atomic E-state index is -4.54. The summed E-state index contributed by atoms with van der Waals surface area (Å²) in [5, 5.41) is 2.68. The highest BCUT2D eigenvalue weighted by Crippen LogP contribution is 2.40. The lowest BCUT2D eigenvalue weighted by atomic mass is 10.0. The van der Waals surface area contributed by atoms with E-state index in [-0.39, 0.29) is 11.6 Å². The van der Waals surface area contributed by atoms with Gasteiger partial charge >= 0.3 is 6.18 Å². The van der Waals surface area contributed by atoms with Crippen molar-refractivity contribution in [3.05, 3.63) is 77.9 Å². The van der Waals surface area contributed by atoms with Crippen molar-refractivity contribution in [2.24, 2.45) is 0 Å². The van der Waals surface area contributed by atoms with Crippen LogP contribution in [0.5, 0.6) is 0 Å². The lowest BCUT2D eigenvalue weighted by Crippen LogP contribution is -2.45. The summed E-state index contributed by atoms with van der Waals surface area (Å²) < 4.78 is 45.0. The smallest absolute Gasteiger partial charge is 0.377 e. The maximum absolute atomic E-state index is 13.1. The van der Waals surface area contributed by atoms with Crippen LogP contribution in [0.15, 0.2) is 61.1 Å². The number of anilines is 3. The molecule has 1 saturated heterocycles. The Balaban J connectivity index is 1.48. The van der Waals surface area contributed by atoms with Crippen molar-refractivity contribution in [2.45, 2.75) is 32.5 Å². The second-order valence-corrected chi connectivity index (χ2v) is 9.39. The fourth-order valence-electron chi connectivity index (χ4n) is 4.99. The van der Waals surface area contributed by atoms with Gasteiger partial charge in [-0.25, -0.2) is 4.98 Å². The van der Waals surface area contributed by atoms with Gasteiger partial charge in [0.1, 0.15) is 0 Å². The summed E-state index contributed by atoms with van der Waals surface area (Å²) in [5.74, 6) is 0.186. The Morgan fingerprint density at radius 2 is 2.03 bits per heavy atom. The third kappa shape index (κ3) is 4.96. The van der Waals surface area contributed by atoms with Crippen LogP contribution in [0.2, 0.25) is 0 Å². The van der Waals surface area contributed by atoms with Crippen molar-refractivity contribution in [3.63, 3.8) is 0 Å². The van der Waals surface area contributed by atoms with E-state index in [1.165, 1.54) is 18.3 Å². The molecule has 3 aromatic rings. The highest BCUT2D eigenvalue weighted by atomic mass is 19.4. The Morgan fingerprint density at radius 3 is 2.79 bits per heavy atom. The lowest BCUT2D eigenvalue weighted by Gasteiger charge is -2.36. The lowest BCUT2D eigenvalue weighted by molar-refractivity contribution is -0.137. The van der Waals surface area contributed by atoms with Crippen LogP contribution in [-0.2, 0) is 10.9 Å². The van der Waals surface area contributed by atoms with Crippen molar-refractivity contribution < 1.29 is 22.7 Å². The predicted molar refractivity (Wildman–Crippen MR) is 140 cm³/mol. The van der Waals surface area contributed by atoms with E-state index in [0.717, 1.165) is 65.7 Å². The van der Waals surface area contributed by atoms with E-state index in [0.29, 0.717) is 18.9 Å². The maximum Gasteiger partial charge on any atom is 0.416 e. The fourth-order valence-corrected chi connectivity index (χ4v) is 4.99. The summed E-state index contributed by atoms with van der Waals surface area (Å²) in [7, 11) is 0. The molecular weight excluding hydrogens is 495 g/mol. The molecule has 10 heteroatoms. The molecule has 0 radical (unpaired) electrons. The Labute approximate surface area is 219 Å². The molecular formula is C28H28F3N5O2. The van der Waals surface area contributed by atoms with Crippen molar-refractivity contribution in [1.82, 2.24) is 9.97 Å². The number of carbonyl (C=O) groups is 1. The normalized spacial score (nSPS) is 17.5. The SMILES string of the molecule is C=C1CC2COCCN2c2cc(-c3cc(NC(=O)c4cccc(C(F)(F)F)c4)cnc3C)cnc2N1CC. The first-order chi connectivity index (χ1) is 18.2. The van der Waals surface area contributed by atoms with Gasteiger partial charge < -0.3 is 19.9 Å². The molecule has 0 bridgehead atoms. The van der Waals surface area contributed by atoms with Crippen molar-refractivity contribution in [2.75, 3.05) is 41.4 Å². The summed E-state index contributed by atoms with van der Waals surface area (Å²) in [6.45, 7) is 10.9. The molecule has 1 N–H and O–H groups in total. The van der Waals surface area contributed by atoms with Crippen molar-refractivity contribution >= 4 is 23.1 Å². The monoisotopic (exact) mass is 523 g/mol. The van der Waals surface area contributed by atoms with Gasteiger partial charge in [0.05, 0.1) is 42.4 Å². The number of aromatic nitrogens is 2. The van der Waals surface area contributed by atoms with Crippen LogP contribution < -0.4 is 15.1 Å². The second-order valence-electron chi connectivity index (χ2n) is 9.39. The van der Waals surface area contributed by atoms with E-state index in [2.05, 4.69) is 39.7 Å². The zero-order valence-electron chi connectivity index (χ0n) is 21.2. The second kappa shape index (κ2) is 10.1. The zero-order chi connectivity index (χ0) is 27.0. The number of pyridine rings is 2. The topological polar surface area (TPSA) is 70.6 Å². The van der Waals surface area contributed by atoms with Crippen LogP contribution in [0.25, 0.3) is 11.1 Å². The number of nitrogens with one attached hydrogen (secondary N) is 1. The van der Waals surface area contributed by atoms with E-state index in [1.54, 1.807) is 12.3 Å². The largest absolute Gasteiger partial charge is 0.416 e. The average molecular weight is 524 g/mol. The number of hydrogen-bond donors (Lipinski definition) is 1. The van der Waals surface area contributed by atoms with Crippen LogP contribution in [0.1, 0.15) is 35.0 Å². The number of halogens is 3. The molecule has 1 amide bonds. The van der Waals surface area contributed by atoms with Crippen LogP contribution in [0.3, 0.4) is 0 Å². The van der Waals surface area contributed by atoms with E-state index in [9.17, 15) is 18.0 Å². The number of fused-ring (bicyclic) bond motifs is 3. The van der Waals surface area contributed by atoms with E-state index in [4.69, 9.17) is 9.72 Å². The van der Waals surface area contributed by atoms with E-state index < -0.39 is 17.6 Å². The first-order valence-corrected chi connectivity index (χ1v) is 12.4. The zero-order valence-corrected chi connectivity index (χ0v) is 21.2. The van der Waals surface area contributed by atoms with E-state index >= 15 is 0 Å². The molecule has 2 aliphatic rings. The van der Waals surface area contributed by atoms with Gasteiger partial charge in [0.15, 0.2) is 5.82 Å². The molecule has 7 nitrogen and oxygen atoms in total. The van der Waals surface area contributed by atoms with Gasteiger partial charge in [0, 0.05) is 53.8 Å². The molecule has 198 valence electrons. The Morgan fingerprint density at radius 1 is 1.21 bits per heavy atom. The number of morpholine rings is 1. The van der Waals surface area contributed by atoms with Gasteiger partial charge in [-0.15, -0.1) is 0 Å². The maximum atomic E-state index is 13.1. The first-order valence-electron chi connectivity index (χ1n) is 12.4. The number of ether oxygens (including phenoxy) is 1. The molecule has 1 fully saturated rings. The molecule has 2 aromatic heterocycles. The van der Waals surface area contributed by atoms with Crippen LogP contribution in [0, 0.1) is 6.92 Å². The van der Waals surface area contributed by atoms with Gasteiger partial charge in [-0.2, -0.15) is 13.2 Å². The van der Waals surface area contributed by atoms with Crippen molar-refractivity contribution in [1.29, 1.82) is 0 Å². The molecule has 0 spiro atoms. The number of carbonyl (C=O) groups excluding carboxylic acids is 1. The van der Waals surface area contributed by atoms with Crippen molar-refractivity contribution in [3.8, 4) is 11.1 Å². The molecule has 0 aliphatic carbocycles. The summed E-state index contributed by atoms with van der Waals surface area (Å²) in [5.41, 5.74) is 3.68. The average Bonchev–Trinajstić information content (AvgIpc) is 3.02. The Kier molecular flexibility index (Phi) is 6.83. The fraction of sp³-hybridized carbons (Fsp3) is 0.321. The number of rotatable bonds is 4.